The predicted octanol–water partition coefficient (Wildman–Crippen LogP) is 2.92. The van der Waals surface area contributed by atoms with Crippen molar-refractivity contribution in [2.24, 2.45) is 0 Å². The lowest BCUT2D eigenvalue weighted by molar-refractivity contribution is 0.0730. The maximum absolute atomic E-state index is 12.6. The van der Waals surface area contributed by atoms with Crippen LogP contribution in [0.25, 0.3) is 0 Å². The van der Waals surface area contributed by atoms with E-state index in [4.69, 9.17) is 16.3 Å². The third-order valence-corrected chi connectivity index (χ3v) is 6.32. The van der Waals surface area contributed by atoms with E-state index < -0.39 is 10.0 Å². The number of halogens is 1. The van der Waals surface area contributed by atoms with Crippen molar-refractivity contribution >= 4 is 33.2 Å². The van der Waals surface area contributed by atoms with Gasteiger partial charge < -0.3 is 10.1 Å². The summed E-state index contributed by atoms with van der Waals surface area (Å²) < 4.78 is 31.8. The number of nitrogens with one attached hydrogen (secondary N) is 1. The van der Waals surface area contributed by atoms with Gasteiger partial charge in [-0.05, 0) is 48.9 Å². The van der Waals surface area contributed by atoms with Crippen LogP contribution in [0.1, 0.15) is 15.9 Å². The molecule has 8 heteroatoms. The van der Waals surface area contributed by atoms with Gasteiger partial charge in [-0.2, -0.15) is 4.31 Å². The van der Waals surface area contributed by atoms with Crippen LogP contribution in [0, 0.1) is 6.92 Å². The van der Waals surface area contributed by atoms with Gasteiger partial charge in [0.2, 0.25) is 10.0 Å². The van der Waals surface area contributed by atoms with E-state index in [0.717, 1.165) is 5.56 Å². The van der Waals surface area contributed by atoms with E-state index in [-0.39, 0.29) is 10.8 Å². The maximum atomic E-state index is 12.6. The van der Waals surface area contributed by atoms with Crippen LogP contribution in [0.5, 0.6) is 0 Å². The number of aryl methyl sites for hydroxylation is 1. The average Bonchev–Trinajstić information content (AvgIpc) is 2.65. The van der Waals surface area contributed by atoms with E-state index in [1.807, 2.05) is 13.0 Å². The highest BCUT2D eigenvalue weighted by Gasteiger charge is 2.26. The largest absolute Gasteiger partial charge is 0.379 e. The van der Waals surface area contributed by atoms with Crippen LogP contribution in [-0.4, -0.2) is 44.9 Å². The standard InChI is InChI=1S/C18H19ClN2O4S/c1-13-2-5-15(19)12-17(13)20-18(22)14-3-6-16(7-4-14)26(23,24)21-8-10-25-11-9-21/h2-7,12H,8-11H2,1H3,(H,20,22). The van der Waals surface area contributed by atoms with Crippen molar-refractivity contribution in [2.45, 2.75) is 11.8 Å². The molecule has 0 atom stereocenters. The summed E-state index contributed by atoms with van der Waals surface area (Å²) in [6.45, 7) is 3.30. The van der Waals surface area contributed by atoms with E-state index in [1.54, 1.807) is 12.1 Å². The molecule has 0 saturated carbocycles. The van der Waals surface area contributed by atoms with Crippen molar-refractivity contribution in [3.8, 4) is 0 Å². The van der Waals surface area contributed by atoms with Gasteiger partial charge >= 0.3 is 0 Å². The fraction of sp³-hybridized carbons (Fsp3) is 0.278. The fourth-order valence-corrected chi connectivity index (χ4v) is 4.22. The number of carbonyl (C=O) groups excluding carboxylic acids is 1. The molecule has 0 radical (unpaired) electrons. The monoisotopic (exact) mass is 394 g/mol. The van der Waals surface area contributed by atoms with Crippen LogP contribution in [-0.2, 0) is 14.8 Å². The molecule has 0 unspecified atom stereocenters. The molecule has 1 aliphatic heterocycles. The average molecular weight is 395 g/mol. The van der Waals surface area contributed by atoms with Crippen LogP contribution in [0.3, 0.4) is 0 Å². The first kappa shape index (κ1) is 18.8. The second kappa shape index (κ2) is 7.75. The molecule has 26 heavy (non-hydrogen) atoms. The van der Waals surface area contributed by atoms with Crippen molar-refractivity contribution in [1.29, 1.82) is 0 Å². The zero-order valence-electron chi connectivity index (χ0n) is 14.2. The molecule has 3 rings (SSSR count). The molecule has 1 aliphatic rings. The second-order valence-electron chi connectivity index (χ2n) is 5.95. The highest BCUT2D eigenvalue weighted by molar-refractivity contribution is 7.89. The number of ether oxygens (including phenoxy) is 1. The Bertz CT molecular complexity index is 907. The molecule has 0 aliphatic carbocycles. The van der Waals surface area contributed by atoms with Gasteiger partial charge in [0.25, 0.3) is 5.91 Å². The van der Waals surface area contributed by atoms with Crippen molar-refractivity contribution in [3.05, 3.63) is 58.6 Å². The van der Waals surface area contributed by atoms with E-state index in [0.29, 0.717) is 42.6 Å². The molecule has 6 nitrogen and oxygen atoms in total. The Morgan fingerprint density at radius 3 is 2.42 bits per heavy atom. The summed E-state index contributed by atoms with van der Waals surface area (Å²) in [5, 5.41) is 3.31. The van der Waals surface area contributed by atoms with E-state index in [1.165, 1.54) is 28.6 Å². The van der Waals surface area contributed by atoms with E-state index in [9.17, 15) is 13.2 Å². The van der Waals surface area contributed by atoms with Crippen molar-refractivity contribution in [3.63, 3.8) is 0 Å². The van der Waals surface area contributed by atoms with Crippen LogP contribution in [0.2, 0.25) is 5.02 Å². The summed E-state index contributed by atoms with van der Waals surface area (Å²) in [6, 6.07) is 11.1. The first-order chi connectivity index (χ1) is 12.4. The summed E-state index contributed by atoms with van der Waals surface area (Å²) in [6.07, 6.45) is 0. The molecular weight excluding hydrogens is 376 g/mol. The predicted molar refractivity (Wildman–Crippen MR) is 100 cm³/mol. The Labute approximate surface area is 157 Å². The second-order valence-corrected chi connectivity index (χ2v) is 8.33. The number of anilines is 1. The lowest BCUT2D eigenvalue weighted by Gasteiger charge is -2.26. The Balaban J connectivity index is 1.76. The van der Waals surface area contributed by atoms with Gasteiger partial charge in [-0.15, -0.1) is 0 Å². The molecule has 0 bridgehead atoms. The summed E-state index contributed by atoms with van der Waals surface area (Å²) in [5.41, 5.74) is 1.87. The zero-order valence-corrected chi connectivity index (χ0v) is 15.8. The van der Waals surface area contributed by atoms with Crippen LogP contribution in [0.4, 0.5) is 5.69 Å². The maximum Gasteiger partial charge on any atom is 0.255 e. The van der Waals surface area contributed by atoms with Gasteiger partial charge in [0, 0.05) is 29.4 Å². The highest BCUT2D eigenvalue weighted by atomic mass is 35.5. The van der Waals surface area contributed by atoms with Gasteiger partial charge in [-0.25, -0.2) is 8.42 Å². The minimum Gasteiger partial charge on any atom is -0.379 e. The van der Waals surface area contributed by atoms with Crippen molar-refractivity contribution in [2.75, 3.05) is 31.6 Å². The lowest BCUT2D eigenvalue weighted by atomic mass is 10.1. The van der Waals surface area contributed by atoms with Crippen molar-refractivity contribution < 1.29 is 17.9 Å². The number of benzene rings is 2. The van der Waals surface area contributed by atoms with Gasteiger partial charge in [0.05, 0.1) is 18.1 Å². The number of carbonyl (C=O) groups is 1. The van der Waals surface area contributed by atoms with Crippen LogP contribution in [0.15, 0.2) is 47.4 Å². The number of amides is 1. The molecule has 0 aromatic heterocycles. The van der Waals surface area contributed by atoms with Gasteiger partial charge in [0.15, 0.2) is 0 Å². The Hall–Kier alpha value is -1.93. The number of sulfonamides is 1. The third kappa shape index (κ3) is 4.07. The molecule has 0 spiro atoms. The van der Waals surface area contributed by atoms with Gasteiger partial charge in [-0.1, -0.05) is 17.7 Å². The topological polar surface area (TPSA) is 75.7 Å². The molecule has 2 aromatic carbocycles. The Kier molecular flexibility index (Phi) is 5.62. The third-order valence-electron chi connectivity index (χ3n) is 4.17. The minimum absolute atomic E-state index is 0.162. The highest BCUT2D eigenvalue weighted by Crippen LogP contribution is 2.22. The van der Waals surface area contributed by atoms with Gasteiger partial charge in [-0.3, -0.25) is 4.79 Å². The summed E-state index contributed by atoms with van der Waals surface area (Å²) in [5.74, 6) is -0.328. The number of rotatable bonds is 4. The quantitative estimate of drug-likeness (QED) is 0.865. The fourth-order valence-electron chi connectivity index (χ4n) is 2.64. The number of nitrogens with zero attached hydrogens (tertiary/aromatic N) is 1. The molecule has 1 heterocycles. The summed E-state index contributed by atoms with van der Waals surface area (Å²) in [4.78, 5) is 12.6. The lowest BCUT2D eigenvalue weighted by Crippen LogP contribution is -2.40. The number of morpholine rings is 1. The smallest absolute Gasteiger partial charge is 0.255 e. The van der Waals surface area contributed by atoms with Crippen LogP contribution < -0.4 is 5.32 Å². The van der Waals surface area contributed by atoms with E-state index >= 15 is 0 Å². The Morgan fingerprint density at radius 1 is 1.12 bits per heavy atom. The first-order valence-electron chi connectivity index (χ1n) is 8.13. The Morgan fingerprint density at radius 2 is 1.77 bits per heavy atom. The SMILES string of the molecule is Cc1ccc(Cl)cc1NC(=O)c1ccc(S(=O)(=O)N2CCOCC2)cc1. The molecule has 1 saturated heterocycles. The molecule has 2 aromatic rings. The summed E-state index contributed by atoms with van der Waals surface area (Å²) >= 11 is 5.96. The van der Waals surface area contributed by atoms with Crippen LogP contribution >= 0.6 is 11.6 Å². The molecule has 1 amide bonds. The number of hydrogen-bond acceptors (Lipinski definition) is 4. The van der Waals surface area contributed by atoms with E-state index in [2.05, 4.69) is 5.32 Å². The summed E-state index contributed by atoms with van der Waals surface area (Å²) in [7, 11) is -3.57. The molecule has 138 valence electrons. The zero-order chi connectivity index (χ0) is 18.7. The first-order valence-corrected chi connectivity index (χ1v) is 9.95. The molecule has 1 N–H and O–H groups in total. The van der Waals surface area contributed by atoms with Crippen molar-refractivity contribution in [1.82, 2.24) is 4.31 Å². The van der Waals surface area contributed by atoms with Gasteiger partial charge in [0.1, 0.15) is 0 Å². The normalized spacial score (nSPS) is 15.6. The minimum atomic E-state index is -3.57. The molecule has 1 fully saturated rings. The number of hydrogen-bond donors (Lipinski definition) is 1. The molecular formula is C18H19ClN2O4S.